The molecule has 45 heavy (non-hydrogen) atoms. The fourth-order valence-corrected chi connectivity index (χ4v) is 5.99. The summed E-state index contributed by atoms with van der Waals surface area (Å²) >= 11 is 0.258. The molecule has 2 amide bonds. The van der Waals surface area contributed by atoms with Gasteiger partial charge in [-0.25, -0.2) is 0 Å². The van der Waals surface area contributed by atoms with Gasteiger partial charge in [0.2, 0.25) is 11.8 Å². The number of carboxylic acids is 2. The lowest BCUT2D eigenvalue weighted by Gasteiger charge is -2.17. The van der Waals surface area contributed by atoms with Gasteiger partial charge in [-0.05, 0) is 60.4 Å². The van der Waals surface area contributed by atoms with Gasteiger partial charge in [-0.1, -0.05) is 23.9 Å². The maximum absolute atomic E-state index is 14.0. The molecule has 2 aliphatic rings. The highest BCUT2D eigenvalue weighted by atomic mass is 32.2. The Morgan fingerprint density at radius 2 is 1.07 bits per heavy atom. The Bertz CT molecular complexity index is 1440. The summed E-state index contributed by atoms with van der Waals surface area (Å²) in [6, 6.07) is 5.85. The lowest BCUT2D eigenvalue weighted by Crippen LogP contribution is -2.28. The minimum Gasteiger partial charge on any atom is -0.481 e. The maximum atomic E-state index is 14.0. The molecule has 2 heterocycles. The molecule has 2 N–H and O–H groups in total. The molecule has 2 aliphatic heterocycles. The van der Waals surface area contributed by atoms with Crippen molar-refractivity contribution in [3.63, 3.8) is 0 Å². The van der Waals surface area contributed by atoms with Crippen molar-refractivity contribution in [3.8, 4) is 0 Å². The van der Waals surface area contributed by atoms with E-state index in [1.165, 1.54) is 21.9 Å². The second-order valence-electron chi connectivity index (χ2n) is 10.5. The number of alkyl halides is 6. The number of benzene rings is 2. The van der Waals surface area contributed by atoms with Gasteiger partial charge in [0.1, 0.15) is 0 Å². The molecule has 240 valence electrons. The summed E-state index contributed by atoms with van der Waals surface area (Å²) in [6.07, 6.45) is -5.13. The molecule has 2 saturated heterocycles. The Morgan fingerprint density at radius 3 is 1.38 bits per heavy atom. The van der Waals surface area contributed by atoms with Crippen LogP contribution < -0.4 is 0 Å². The van der Waals surface area contributed by atoms with Gasteiger partial charge in [0.05, 0.1) is 23.0 Å². The third kappa shape index (κ3) is 8.47. The summed E-state index contributed by atoms with van der Waals surface area (Å²) in [5.41, 5.74) is -2.52. The van der Waals surface area contributed by atoms with E-state index in [2.05, 4.69) is 0 Å². The lowest BCUT2D eigenvalue weighted by atomic mass is 10.1. The summed E-state index contributed by atoms with van der Waals surface area (Å²) in [4.78, 5) is 48.5. The first-order valence-electron chi connectivity index (χ1n) is 13.5. The van der Waals surface area contributed by atoms with E-state index in [0.29, 0.717) is 12.1 Å². The fraction of sp³-hybridized carbons (Fsp3) is 0.333. The van der Waals surface area contributed by atoms with Crippen LogP contribution in [0.5, 0.6) is 0 Å². The van der Waals surface area contributed by atoms with Crippen LogP contribution in [0.2, 0.25) is 0 Å². The zero-order valence-electron chi connectivity index (χ0n) is 23.3. The second kappa shape index (κ2) is 13.4. The minimum atomic E-state index is -4.95. The summed E-state index contributed by atoms with van der Waals surface area (Å²) < 4.78 is 84.0. The smallest absolute Gasteiger partial charge is 0.417 e. The van der Waals surface area contributed by atoms with E-state index in [0.717, 1.165) is 36.4 Å². The number of nitrogens with zero attached hydrogens (tertiary/aromatic N) is 2. The van der Waals surface area contributed by atoms with Gasteiger partial charge >= 0.3 is 24.3 Å². The predicted octanol–water partition coefficient (Wildman–Crippen LogP) is 5.77. The van der Waals surface area contributed by atoms with Crippen molar-refractivity contribution in [1.82, 2.24) is 9.80 Å². The summed E-state index contributed by atoms with van der Waals surface area (Å²) in [5, 5.41) is 18.2. The molecule has 0 saturated carbocycles. The van der Waals surface area contributed by atoms with Crippen LogP contribution in [0.1, 0.15) is 35.1 Å². The molecule has 4 rings (SSSR count). The number of rotatable bonds is 8. The number of carbonyl (C=O) groups is 4. The highest BCUT2D eigenvalue weighted by Gasteiger charge is 2.37. The van der Waals surface area contributed by atoms with E-state index in [-0.39, 0.29) is 61.9 Å². The lowest BCUT2D eigenvalue weighted by molar-refractivity contribution is -0.142. The number of likely N-dealkylation sites (tertiary alicyclic amines) is 2. The Labute approximate surface area is 257 Å². The van der Waals surface area contributed by atoms with Gasteiger partial charge in [-0.2, -0.15) is 26.3 Å². The van der Waals surface area contributed by atoms with Crippen molar-refractivity contribution < 1.29 is 55.7 Å². The van der Waals surface area contributed by atoms with Crippen molar-refractivity contribution in [2.45, 2.75) is 35.0 Å². The number of hydrogen-bond donors (Lipinski definition) is 2. The number of carbonyl (C=O) groups excluding carboxylic acids is 2. The van der Waals surface area contributed by atoms with Crippen molar-refractivity contribution in [2.75, 3.05) is 26.2 Å². The summed E-state index contributed by atoms with van der Waals surface area (Å²) in [5.74, 6) is -4.73. The molecule has 0 spiro atoms. The molecular formula is C30H26F6N2O6S. The average Bonchev–Trinajstić information content (AvgIpc) is 3.66. The van der Waals surface area contributed by atoms with E-state index in [9.17, 15) is 45.5 Å². The van der Waals surface area contributed by atoms with Gasteiger partial charge in [-0.3, -0.25) is 19.2 Å². The average molecular weight is 657 g/mol. The Kier molecular flexibility index (Phi) is 10.00. The third-order valence-electron chi connectivity index (χ3n) is 7.37. The molecule has 0 bridgehead atoms. The van der Waals surface area contributed by atoms with Gasteiger partial charge in [0, 0.05) is 48.1 Å². The molecule has 0 aromatic heterocycles. The number of carboxylic acid groups (broad SMARTS) is 2. The van der Waals surface area contributed by atoms with E-state index >= 15 is 0 Å². The molecule has 2 aromatic carbocycles. The maximum Gasteiger partial charge on any atom is 0.417 e. The van der Waals surface area contributed by atoms with Crippen LogP contribution >= 0.6 is 11.8 Å². The number of aliphatic carboxylic acids is 2. The SMILES string of the molecule is O=C(O)C1CCN(C(=O)/C=C/c2ccc(Sc3ccc(/C=C/C(=O)N4CCC(C(=O)O)C4)cc3C(F)(F)F)c(C(F)(F)F)c2)C1. The predicted molar refractivity (Wildman–Crippen MR) is 150 cm³/mol. The van der Waals surface area contributed by atoms with Crippen LogP contribution in [0.15, 0.2) is 58.3 Å². The van der Waals surface area contributed by atoms with E-state index in [1.807, 2.05) is 0 Å². The van der Waals surface area contributed by atoms with Gasteiger partial charge in [-0.15, -0.1) is 0 Å². The normalized spacial score (nSPS) is 19.2. The second-order valence-corrected chi connectivity index (χ2v) is 11.6. The highest BCUT2D eigenvalue weighted by Crippen LogP contribution is 2.44. The van der Waals surface area contributed by atoms with Crippen LogP contribution in [0.25, 0.3) is 12.2 Å². The van der Waals surface area contributed by atoms with Gasteiger partial charge in [0.25, 0.3) is 0 Å². The fourth-order valence-electron chi connectivity index (χ4n) is 4.91. The largest absolute Gasteiger partial charge is 0.481 e. The van der Waals surface area contributed by atoms with Crippen LogP contribution in [0.4, 0.5) is 26.3 Å². The Balaban J connectivity index is 1.54. The van der Waals surface area contributed by atoms with Crippen LogP contribution in [0, 0.1) is 11.8 Å². The molecule has 0 radical (unpaired) electrons. The van der Waals surface area contributed by atoms with Crippen LogP contribution in [-0.4, -0.2) is 69.9 Å². The molecule has 2 fully saturated rings. The molecule has 15 heteroatoms. The highest BCUT2D eigenvalue weighted by molar-refractivity contribution is 7.99. The minimum absolute atomic E-state index is 0.0278. The van der Waals surface area contributed by atoms with Gasteiger partial charge < -0.3 is 20.0 Å². The van der Waals surface area contributed by atoms with Crippen LogP contribution in [0.3, 0.4) is 0 Å². The summed E-state index contributed by atoms with van der Waals surface area (Å²) in [7, 11) is 0. The molecule has 0 aliphatic carbocycles. The van der Waals surface area contributed by atoms with Crippen molar-refractivity contribution in [2.24, 2.45) is 11.8 Å². The Morgan fingerprint density at radius 1 is 0.689 bits per heavy atom. The first-order valence-corrected chi connectivity index (χ1v) is 14.3. The quantitative estimate of drug-likeness (QED) is 0.274. The standard InChI is InChI=1S/C30H26F6N2O6S/c31-29(32,33)21-13-17(3-7-25(39)37-11-9-19(15-37)27(41)42)1-5-23(21)45-24-6-2-18(14-22(24)30(34,35)36)4-8-26(40)38-12-10-20(16-38)28(43)44/h1-8,13-14,19-20H,9-12,15-16H2,(H,41,42)(H,43,44)/b7-3+,8-4+. The number of hydrogen-bond acceptors (Lipinski definition) is 5. The van der Waals surface area contributed by atoms with Crippen LogP contribution in [-0.2, 0) is 31.5 Å². The third-order valence-corrected chi connectivity index (χ3v) is 8.52. The monoisotopic (exact) mass is 656 g/mol. The molecule has 2 atom stereocenters. The van der Waals surface area contributed by atoms with Crippen molar-refractivity contribution in [3.05, 3.63) is 70.8 Å². The zero-order chi connectivity index (χ0) is 33.1. The van der Waals surface area contributed by atoms with E-state index in [1.54, 1.807) is 0 Å². The number of amides is 2. The van der Waals surface area contributed by atoms with E-state index in [4.69, 9.17) is 10.2 Å². The number of halogens is 6. The summed E-state index contributed by atoms with van der Waals surface area (Å²) in [6.45, 7) is 0.309. The molecule has 8 nitrogen and oxygen atoms in total. The first-order chi connectivity index (χ1) is 21.0. The van der Waals surface area contributed by atoms with Crippen molar-refractivity contribution >= 4 is 47.7 Å². The zero-order valence-corrected chi connectivity index (χ0v) is 24.1. The topological polar surface area (TPSA) is 115 Å². The Hall–Kier alpha value is -4.27. The van der Waals surface area contributed by atoms with Gasteiger partial charge in [0.15, 0.2) is 0 Å². The van der Waals surface area contributed by atoms with E-state index < -0.39 is 68.9 Å². The molecule has 2 aromatic rings. The van der Waals surface area contributed by atoms with Crippen molar-refractivity contribution in [1.29, 1.82) is 0 Å². The molecule has 2 unspecified atom stereocenters. The first kappa shape index (κ1) is 33.6. The molecular weight excluding hydrogens is 630 g/mol.